The van der Waals surface area contributed by atoms with Gasteiger partial charge in [-0.1, -0.05) is 60.7 Å². The molecule has 0 fully saturated rings. The van der Waals surface area contributed by atoms with Gasteiger partial charge in [-0.25, -0.2) is 0 Å². The number of hydrogen-bond acceptors (Lipinski definition) is 3. The molecule has 32 heavy (non-hydrogen) atoms. The summed E-state index contributed by atoms with van der Waals surface area (Å²) in [6.07, 6.45) is -0.276. The summed E-state index contributed by atoms with van der Waals surface area (Å²) >= 11 is 0. The first-order chi connectivity index (χ1) is 15.6. The quantitative estimate of drug-likeness (QED) is 0.327. The molecule has 0 spiro atoms. The van der Waals surface area contributed by atoms with Crippen LogP contribution in [0.5, 0.6) is 0 Å². The first-order valence-corrected chi connectivity index (χ1v) is 10.5. The fraction of sp³-hybridized carbons (Fsp3) is 0.0741. The number of rotatable bonds is 3. The number of nitrogens with zero attached hydrogens (tertiary/aromatic N) is 1. The van der Waals surface area contributed by atoms with E-state index in [0.29, 0.717) is 10.8 Å². The van der Waals surface area contributed by atoms with Gasteiger partial charge < -0.3 is 5.11 Å². The Morgan fingerprint density at radius 1 is 0.625 bits per heavy atom. The minimum Gasteiger partial charge on any atom is -0.481 e. The van der Waals surface area contributed by atoms with E-state index in [9.17, 15) is 14.4 Å². The van der Waals surface area contributed by atoms with Gasteiger partial charge in [0.1, 0.15) is 0 Å². The maximum atomic E-state index is 13.4. The Labute approximate surface area is 179 Å². The SMILES string of the molecule is O=C(O)CCn1c(=O)c2c3ccc4cccc5c6cccc7ccc(c2c1=O)c(c76)c3c45. The Kier molecular flexibility index (Phi) is 3.11. The highest BCUT2D eigenvalue weighted by Crippen LogP contribution is 2.46. The molecule has 0 saturated heterocycles. The number of carboxylic acid groups (broad SMARTS) is 1. The highest BCUT2D eigenvalue weighted by atomic mass is 16.4. The number of aromatic nitrogens is 1. The van der Waals surface area contributed by atoms with Crippen LogP contribution in [0.1, 0.15) is 6.42 Å². The Morgan fingerprint density at radius 3 is 1.59 bits per heavy atom. The predicted octanol–water partition coefficient (Wildman–Crippen LogP) is 4.92. The molecular weight excluding hydrogens is 402 g/mol. The average Bonchev–Trinajstić information content (AvgIpc) is 3.06. The summed E-state index contributed by atoms with van der Waals surface area (Å²) in [5.74, 6) is -1.04. The molecule has 0 saturated carbocycles. The van der Waals surface area contributed by atoms with Crippen LogP contribution >= 0.6 is 0 Å². The zero-order chi connectivity index (χ0) is 21.7. The molecule has 0 aliphatic rings. The van der Waals surface area contributed by atoms with E-state index < -0.39 is 17.1 Å². The molecule has 7 aromatic rings. The molecule has 1 heterocycles. The van der Waals surface area contributed by atoms with Crippen molar-refractivity contribution < 1.29 is 9.90 Å². The molecule has 0 bridgehead atoms. The van der Waals surface area contributed by atoms with E-state index in [1.54, 1.807) is 0 Å². The zero-order valence-electron chi connectivity index (χ0n) is 16.8. The minimum atomic E-state index is -1.04. The van der Waals surface area contributed by atoms with E-state index in [2.05, 4.69) is 24.3 Å². The lowest BCUT2D eigenvalue weighted by Gasteiger charge is -2.18. The van der Waals surface area contributed by atoms with Crippen LogP contribution in [0.15, 0.2) is 70.3 Å². The lowest BCUT2D eigenvalue weighted by atomic mass is 9.84. The third kappa shape index (κ3) is 1.92. The molecule has 0 unspecified atom stereocenters. The smallest absolute Gasteiger partial charge is 0.305 e. The van der Waals surface area contributed by atoms with Gasteiger partial charge in [0.05, 0.1) is 17.2 Å². The summed E-state index contributed by atoms with van der Waals surface area (Å²) in [5, 5.41) is 20.0. The van der Waals surface area contributed by atoms with Crippen LogP contribution in [0, 0.1) is 0 Å². The number of carboxylic acids is 1. The Morgan fingerprint density at radius 2 is 1.12 bits per heavy atom. The summed E-state index contributed by atoms with van der Waals surface area (Å²) in [6.45, 7) is -0.137. The number of hydrogen-bond donors (Lipinski definition) is 1. The molecule has 152 valence electrons. The van der Waals surface area contributed by atoms with Gasteiger partial charge in [-0.2, -0.15) is 0 Å². The van der Waals surface area contributed by atoms with Crippen LogP contribution in [0.3, 0.4) is 0 Å². The molecule has 0 radical (unpaired) electrons. The second kappa shape index (κ2) is 5.71. The molecule has 1 N–H and O–H groups in total. The minimum absolute atomic E-state index is 0.137. The first kappa shape index (κ1) is 17.4. The summed E-state index contributed by atoms with van der Waals surface area (Å²) in [7, 11) is 0. The summed E-state index contributed by atoms with van der Waals surface area (Å²) in [6, 6.07) is 20.3. The van der Waals surface area contributed by atoms with E-state index in [0.717, 1.165) is 58.4 Å². The van der Waals surface area contributed by atoms with Crippen molar-refractivity contribution in [1.29, 1.82) is 0 Å². The number of benzene rings is 6. The monoisotopic (exact) mass is 417 g/mol. The van der Waals surface area contributed by atoms with E-state index in [1.165, 1.54) is 0 Å². The molecule has 0 aliphatic heterocycles. The van der Waals surface area contributed by atoms with Crippen molar-refractivity contribution in [3.8, 4) is 0 Å². The first-order valence-electron chi connectivity index (χ1n) is 10.5. The van der Waals surface area contributed by atoms with Crippen molar-refractivity contribution in [2.24, 2.45) is 0 Å². The number of carbonyl (C=O) groups is 1. The predicted molar refractivity (Wildman–Crippen MR) is 128 cm³/mol. The summed E-state index contributed by atoms with van der Waals surface area (Å²) in [5.41, 5.74) is -0.826. The van der Waals surface area contributed by atoms with Gasteiger partial charge in [0.2, 0.25) is 0 Å². The number of fused-ring (bicyclic) bond motifs is 4. The van der Waals surface area contributed by atoms with Crippen molar-refractivity contribution in [2.45, 2.75) is 13.0 Å². The second-order valence-corrected chi connectivity index (χ2v) is 8.44. The fourth-order valence-electron chi connectivity index (χ4n) is 5.63. The summed E-state index contributed by atoms with van der Waals surface area (Å²) < 4.78 is 1.09. The second-order valence-electron chi connectivity index (χ2n) is 8.44. The molecule has 0 amide bonds. The van der Waals surface area contributed by atoms with Crippen LogP contribution in [-0.2, 0) is 11.3 Å². The van der Waals surface area contributed by atoms with E-state index in [1.807, 2.05) is 36.4 Å². The van der Waals surface area contributed by atoms with E-state index in [4.69, 9.17) is 5.11 Å². The Hall–Kier alpha value is -4.25. The van der Waals surface area contributed by atoms with Gasteiger partial charge >= 0.3 is 5.97 Å². The van der Waals surface area contributed by atoms with Crippen LogP contribution in [0.25, 0.3) is 64.6 Å². The maximum absolute atomic E-state index is 13.4. The van der Waals surface area contributed by atoms with Crippen LogP contribution < -0.4 is 11.1 Å². The van der Waals surface area contributed by atoms with E-state index in [-0.39, 0.29) is 13.0 Å². The molecule has 0 aliphatic carbocycles. The normalized spacial score (nSPS) is 12.5. The Balaban J connectivity index is 1.86. The van der Waals surface area contributed by atoms with Crippen LogP contribution in [0.2, 0.25) is 0 Å². The third-order valence-electron chi connectivity index (χ3n) is 6.89. The largest absolute Gasteiger partial charge is 0.481 e. The highest BCUT2D eigenvalue weighted by molar-refractivity contribution is 6.44. The van der Waals surface area contributed by atoms with Gasteiger partial charge in [-0.15, -0.1) is 0 Å². The van der Waals surface area contributed by atoms with Crippen molar-refractivity contribution in [3.63, 3.8) is 0 Å². The van der Waals surface area contributed by atoms with Gasteiger partial charge in [-0.05, 0) is 53.9 Å². The summed E-state index contributed by atoms with van der Waals surface area (Å²) in [4.78, 5) is 37.9. The molecule has 5 nitrogen and oxygen atoms in total. The third-order valence-corrected chi connectivity index (χ3v) is 6.89. The van der Waals surface area contributed by atoms with Crippen molar-refractivity contribution in [2.75, 3.05) is 0 Å². The lowest BCUT2D eigenvalue weighted by molar-refractivity contribution is -0.137. The lowest BCUT2D eigenvalue weighted by Crippen LogP contribution is -2.26. The Bertz CT molecular complexity index is 1870. The topological polar surface area (TPSA) is 76.4 Å². The molecular formula is C27H15NO4. The van der Waals surface area contributed by atoms with Crippen molar-refractivity contribution in [1.82, 2.24) is 4.57 Å². The zero-order valence-corrected chi connectivity index (χ0v) is 16.8. The van der Waals surface area contributed by atoms with Crippen molar-refractivity contribution in [3.05, 3.63) is 81.4 Å². The fourth-order valence-corrected chi connectivity index (χ4v) is 5.63. The van der Waals surface area contributed by atoms with Crippen LogP contribution in [0.4, 0.5) is 0 Å². The maximum Gasteiger partial charge on any atom is 0.305 e. The van der Waals surface area contributed by atoms with Gasteiger partial charge in [-0.3, -0.25) is 19.0 Å². The van der Waals surface area contributed by atoms with Crippen LogP contribution in [-0.4, -0.2) is 15.6 Å². The molecule has 0 atom stereocenters. The van der Waals surface area contributed by atoms with E-state index >= 15 is 0 Å². The standard InChI is InChI=1S/C27H15NO4/c29-19(30)11-12-28-26(31)24-17-9-7-13-3-1-5-15-16-6-2-4-14-8-10-18(25(24)27(28)32)23(21(14)16)22(17)20(13)15/h1-10H,11-12H2,(H,29,30). The molecule has 5 heteroatoms. The molecule has 7 rings (SSSR count). The molecule has 1 aromatic heterocycles. The number of aliphatic carboxylic acids is 1. The van der Waals surface area contributed by atoms with Gasteiger partial charge in [0.25, 0.3) is 11.1 Å². The highest BCUT2D eigenvalue weighted by Gasteiger charge is 2.24. The van der Waals surface area contributed by atoms with Gasteiger partial charge in [0, 0.05) is 6.54 Å². The average molecular weight is 417 g/mol. The molecule has 6 aromatic carbocycles. The van der Waals surface area contributed by atoms with Gasteiger partial charge in [0.15, 0.2) is 0 Å². The van der Waals surface area contributed by atoms with Crippen molar-refractivity contribution >= 4 is 70.6 Å².